The first-order valence-electron chi connectivity index (χ1n) is 5.82. The van der Waals surface area contributed by atoms with Gasteiger partial charge in [-0.05, 0) is 6.42 Å². The van der Waals surface area contributed by atoms with Gasteiger partial charge in [0.05, 0.1) is 19.3 Å². The van der Waals surface area contributed by atoms with Gasteiger partial charge in [-0.2, -0.15) is 0 Å². The number of ether oxygens (including phenoxy) is 2. The highest BCUT2D eigenvalue weighted by Crippen LogP contribution is 2.35. The molecule has 0 aromatic rings. The molecule has 0 bridgehead atoms. The first-order valence-corrected chi connectivity index (χ1v) is 7.75. The Labute approximate surface area is 105 Å². The van der Waals surface area contributed by atoms with Crippen molar-refractivity contribution in [2.45, 2.75) is 25.5 Å². The fourth-order valence-corrected chi connectivity index (χ4v) is 3.95. The Bertz CT molecular complexity index is 220. The Hall–Kier alpha value is 0.0169. The van der Waals surface area contributed by atoms with Gasteiger partial charge in [0, 0.05) is 39.9 Å². The van der Waals surface area contributed by atoms with Gasteiger partial charge in [-0.3, -0.25) is 0 Å². The van der Waals surface area contributed by atoms with E-state index in [0.29, 0.717) is 0 Å². The summed E-state index contributed by atoms with van der Waals surface area (Å²) >= 11 is 0. The molecule has 0 aromatic heterocycles. The molecule has 1 atom stereocenters. The first-order chi connectivity index (χ1) is 8.05. The SMILES string of the molecule is COC(CC[Si](OC)(OC)OC)C1(C)COC1. The summed E-state index contributed by atoms with van der Waals surface area (Å²) in [5.41, 5.74) is 0.115. The fraction of sp³-hybridized carbons (Fsp3) is 1.00. The molecule has 0 N–H and O–H groups in total. The van der Waals surface area contributed by atoms with E-state index in [2.05, 4.69) is 6.92 Å². The minimum absolute atomic E-state index is 0.115. The molecular formula is C11H24O5Si. The molecule has 0 aromatic carbocycles. The van der Waals surface area contributed by atoms with Gasteiger partial charge in [-0.25, -0.2) is 0 Å². The number of methoxy groups -OCH3 is 1. The maximum absolute atomic E-state index is 5.56. The maximum Gasteiger partial charge on any atom is 0.500 e. The Morgan fingerprint density at radius 1 is 1.12 bits per heavy atom. The summed E-state index contributed by atoms with van der Waals surface area (Å²) in [5.74, 6) is 0. The van der Waals surface area contributed by atoms with E-state index in [0.717, 1.165) is 25.7 Å². The van der Waals surface area contributed by atoms with E-state index >= 15 is 0 Å². The van der Waals surface area contributed by atoms with Gasteiger partial charge in [0.2, 0.25) is 0 Å². The zero-order valence-electron chi connectivity index (χ0n) is 11.4. The van der Waals surface area contributed by atoms with Gasteiger partial charge < -0.3 is 22.8 Å². The van der Waals surface area contributed by atoms with Crippen molar-refractivity contribution in [3.8, 4) is 0 Å². The highest BCUT2D eigenvalue weighted by molar-refractivity contribution is 6.60. The minimum atomic E-state index is -2.48. The highest BCUT2D eigenvalue weighted by Gasteiger charge is 2.45. The van der Waals surface area contributed by atoms with Crippen LogP contribution in [0.5, 0.6) is 0 Å². The van der Waals surface area contributed by atoms with Crippen LogP contribution in [0.4, 0.5) is 0 Å². The lowest BCUT2D eigenvalue weighted by molar-refractivity contribution is -0.170. The summed E-state index contributed by atoms with van der Waals surface area (Å²) < 4.78 is 27.0. The molecule has 5 nitrogen and oxygen atoms in total. The summed E-state index contributed by atoms with van der Waals surface area (Å²) in [6.07, 6.45) is 1.02. The van der Waals surface area contributed by atoms with E-state index < -0.39 is 8.80 Å². The Balaban J connectivity index is 2.51. The van der Waals surface area contributed by atoms with E-state index in [9.17, 15) is 0 Å². The second-order valence-electron chi connectivity index (χ2n) is 4.71. The lowest BCUT2D eigenvalue weighted by atomic mass is 9.81. The summed E-state index contributed by atoms with van der Waals surface area (Å²) in [6.45, 7) is 3.69. The van der Waals surface area contributed by atoms with E-state index in [1.54, 1.807) is 28.4 Å². The quantitative estimate of drug-likeness (QED) is 0.619. The summed E-state index contributed by atoms with van der Waals surface area (Å²) in [6, 6.07) is 0.755. The number of rotatable bonds is 8. The van der Waals surface area contributed by atoms with Gasteiger partial charge in [0.15, 0.2) is 0 Å². The van der Waals surface area contributed by atoms with Gasteiger partial charge in [0.25, 0.3) is 0 Å². The van der Waals surface area contributed by atoms with Gasteiger partial charge in [0.1, 0.15) is 0 Å². The van der Waals surface area contributed by atoms with E-state index in [-0.39, 0.29) is 11.5 Å². The zero-order valence-corrected chi connectivity index (χ0v) is 12.4. The number of hydrogen-bond acceptors (Lipinski definition) is 5. The van der Waals surface area contributed by atoms with Crippen LogP contribution in [0.25, 0.3) is 0 Å². The van der Waals surface area contributed by atoms with Crippen molar-refractivity contribution >= 4 is 8.80 Å². The maximum atomic E-state index is 5.56. The van der Waals surface area contributed by atoms with Crippen LogP contribution < -0.4 is 0 Å². The third kappa shape index (κ3) is 3.27. The molecule has 102 valence electrons. The van der Waals surface area contributed by atoms with E-state index in [1.165, 1.54) is 0 Å². The van der Waals surface area contributed by atoms with Crippen LogP contribution in [0.1, 0.15) is 13.3 Å². The van der Waals surface area contributed by atoms with E-state index in [1.807, 2.05) is 0 Å². The van der Waals surface area contributed by atoms with Crippen LogP contribution in [0.2, 0.25) is 6.04 Å². The lowest BCUT2D eigenvalue weighted by Crippen LogP contribution is -2.51. The standard InChI is InChI=1S/C11H24O5Si/c1-11(8-16-9-11)10(12-2)6-7-17(13-3,14-4)15-5/h10H,6-9H2,1-5H3. The largest absolute Gasteiger partial charge is 0.500 e. The van der Waals surface area contributed by atoms with Crippen LogP contribution in [-0.4, -0.2) is 56.6 Å². The fourth-order valence-electron chi connectivity index (χ4n) is 2.22. The molecule has 6 heteroatoms. The minimum Gasteiger partial charge on any atom is -0.381 e. The Kier molecular flexibility index (Phi) is 5.55. The molecule has 0 spiro atoms. The van der Waals surface area contributed by atoms with Crippen molar-refractivity contribution in [1.29, 1.82) is 0 Å². The molecular weight excluding hydrogens is 240 g/mol. The van der Waals surface area contributed by atoms with E-state index in [4.69, 9.17) is 22.8 Å². The molecule has 0 radical (unpaired) electrons. The second kappa shape index (κ2) is 6.26. The zero-order chi connectivity index (χ0) is 12.9. The van der Waals surface area contributed by atoms with Crippen molar-refractivity contribution in [3.05, 3.63) is 0 Å². The second-order valence-corrected chi connectivity index (χ2v) is 7.80. The molecule has 1 fully saturated rings. The molecule has 0 saturated carbocycles. The highest BCUT2D eigenvalue weighted by atomic mass is 28.4. The normalized spacial score (nSPS) is 21.0. The smallest absolute Gasteiger partial charge is 0.381 e. The molecule has 1 saturated heterocycles. The van der Waals surface area contributed by atoms with Crippen LogP contribution in [0.3, 0.4) is 0 Å². The predicted octanol–water partition coefficient (Wildman–Crippen LogP) is 1.31. The molecule has 0 amide bonds. The Morgan fingerprint density at radius 3 is 1.94 bits per heavy atom. The molecule has 1 unspecified atom stereocenters. The third-order valence-corrected chi connectivity index (χ3v) is 6.34. The summed E-state index contributed by atoms with van der Waals surface area (Å²) in [4.78, 5) is 0. The molecule has 0 aliphatic carbocycles. The van der Waals surface area contributed by atoms with Crippen LogP contribution in [-0.2, 0) is 22.8 Å². The van der Waals surface area contributed by atoms with Crippen LogP contribution in [0, 0.1) is 5.41 Å². The van der Waals surface area contributed by atoms with Crippen LogP contribution in [0.15, 0.2) is 0 Å². The van der Waals surface area contributed by atoms with Crippen LogP contribution >= 0.6 is 0 Å². The molecule has 1 rings (SSSR count). The van der Waals surface area contributed by atoms with Gasteiger partial charge in [-0.15, -0.1) is 0 Å². The monoisotopic (exact) mass is 264 g/mol. The van der Waals surface area contributed by atoms with Gasteiger partial charge >= 0.3 is 8.80 Å². The number of hydrogen-bond donors (Lipinski definition) is 0. The summed E-state index contributed by atoms with van der Waals surface area (Å²) in [5, 5.41) is 0. The predicted molar refractivity (Wildman–Crippen MR) is 65.9 cm³/mol. The summed E-state index contributed by atoms with van der Waals surface area (Å²) in [7, 11) is 4.16. The van der Waals surface area contributed by atoms with Crippen molar-refractivity contribution in [2.24, 2.45) is 5.41 Å². The average molecular weight is 264 g/mol. The molecule has 1 heterocycles. The van der Waals surface area contributed by atoms with Crippen molar-refractivity contribution in [3.63, 3.8) is 0 Å². The third-order valence-electron chi connectivity index (χ3n) is 3.57. The average Bonchev–Trinajstić information content (AvgIpc) is 2.33. The van der Waals surface area contributed by atoms with Gasteiger partial charge in [-0.1, -0.05) is 6.92 Å². The lowest BCUT2D eigenvalue weighted by Gasteiger charge is -2.44. The molecule has 17 heavy (non-hydrogen) atoms. The molecule has 1 aliphatic heterocycles. The van der Waals surface area contributed by atoms with Crippen molar-refractivity contribution < 1.29 is 22.8 Å². The molecule has 1 aliphatic rings. The Morgan fingerprint density at radius 2 is 1.65 bits per heavy atom. The van der Waals surface area contributed by atoms with Crippen molar-refractivity contribution in [1.82, 2.24) is 0 Å². The topological polar surface area (TPSA) is 46.2 Å². The van der Waals surface area contributed by atoms with Crippen molar-refractivity contribution in [2.75, 3.05) is 41.7 Å². The first kappa shape index (κ1) is 15.1.